The number of carbonyl (C=O) groups excluding carboxylic acids is 1. The molecule has 0 spiro atoms. The van der Waals surface area contributed by atoms with Gasteiger partial charge in [0, 0.05) is 6.42 Å². The number of aryl methyl sites for hydroxylation is 2. The fourth-order valence-electron chi connectivity index (χ4n) is 2.41. The monoisotopic (exact) mass is 339 g/mol. The van der Waals surface area contributed by atoms with Crippen molar-refractivity contribution < 1.29 is 9.63 Å². The number of benzene rings is 2. The number of hydrogen-bond acceptors (Lipinski definition) is 3. The van der Waals surface area contributed by atoms with Crippen LogP contribution in [0.5, 0.6) is 0 Å². The first kappa shape index (κ1) is 18.5. The lowest BCUT2D eigenvalue weighted by Gasteiger charge is -2.15. The van der Waals surface area contributed by atoms with Crippen molar-refractivity contribution in [2.45, 2.75) is 33.2 Å². The number of nitrogens with two attached hydrogens (primary N) is 1. The Morgan fingerprint density at radius 3 is 2.56 bits per heavy atom. The number of nitrogens with one attached hydrogen (secondary N) is 1. The number of amides is 1. The van der Waals surface area contributed by atoms with Gasteiger partial charge in [-0.1, -0.05) is 53.7 Å². The molecular weight excluding hydrogens is 314 g/mol. The van der Waals surface area contributed by atoms with E-state index in [0.717, 1.165) is 11.1 Å². The van der Waals surface area contributed by atoms with Crippen LogP contribution in [0.1, 0.15) is 35.2 Å². The summed E-state index contributed by atoms with van der Waals surface area (Å²) < 4.78 is 0. The van der Waals surface area contributed by atoms with E-state index in [1.165, 1.54) is 11.1 Å². The molecule has 1 atom stereocenters. The first-order valence-corrected chi connectivity index (χ1v) is 8.30. The van der Waals surface area contributed by atoms with Crippen LogP contribution in [-0.2, 0) is 16.1 Å². The van der Waals surface area contributed by atoms with Gasteiger partial charge in [-0.15, -0.1) is 0 Å². The zero-order valence-corrected chi connectivity index (χ0v) is 15.0. The van der Waals surface area contributed by atoms with Crippen LogP contribution in [0.15, 0.2) is 53.7 Å². The number of carbonyl (C=O) groups is 1. The molecule has 5 heteroatoms. The molecule has 0 saturated heterocycles. The van der Waals surface area contributed by atoms with E-state index < -0.39 is 0 Å². The Hall–Kier alpha value is -2.82. The summed E-state index contributed by atoms with van der Waals surface area (Å²) in [4.78, 5) is 17.0. The van der Waals surface area contributed by atoms with Gasteiger partial charge in [-0.2, -0.15) is 0 Å². The third-order valence-electron chi connectivity index (χ3n) is 4.01. The van der Waals surface area contributed by atoms with Crippen LogP contribution in [-0.4, -0.2) is 18.3 Å². The first-order chi connectivity index (χ1) is 12.0. The van der Waals surface area contributed by atoms with Gasteiger partial charge in [0.05, 0.1) is 6.04 Å². The molecule has 0 aliphatic rings. The average Bonchev–Trinajstić information content (AvgIpc) is 2.58. The Kier molecular flexibility index (Phi) is 6.57. The van der Waals surface area contributed by atoms with Crippen molar-refractivity contribution in [2.75, 3.05) is 6.61 Å². The fraction of sp³-hybridized carbons (Fsp3) is 0.300. The predicted molar refractivity (Wildman–Crippen MR) is 100 cm³/mol. The summed E-state index contributed by atoms with van der Waals surface area (Å²) in [5.74, 6) is 0.100. The van der Waals surface area contributed by atoms with E-state index in [9.17, 15) is 4.79 Å². The summed E-state index contributed by atoms with van der Waals surface area (Å²) in [6.45, 7) is 5.90. The molecular formula is C20H25N3O2. The van der Waals surface area contributed by atoms with Crippen LogP contribution >= 0.6 is 0 Å². The number of oxime groups is 1. The zero-order valence-electron chi connectivity index (χ0n) is 15.0. The highest BCUT2D eigenvalue weighted by atomic mass is 16.6. The van der Waals surface area contributed by atoms with Gasteiger partial charge in [0.25, 0.3) is 5.91 Å². The van der Waals surface area contributed by atoms with Gasteiger partial charge in [-0.3, -0.25) is 4.79 Å². The highest BCUT2D eigenvalue weighted by molar-refractivity contribution is 5.82. The normalized spacial score (nSPS) is 12.5. The molecule has 0 aliphatic carbocycles. The van der Waals surface area contributed by atoms with E-state index in [1.807, 2.05) is 43.3 Å². The molecule has 132 valence electrons. The molecule has 3 N–H and O–H groups in total. The van der Waals surface area contributed by atoms with Gasteiger partial charge in [0.1, 0.15) is 5.84 Å². The van der Waals surface area contributed by atoms with Gasteiger partial charge >= 0.3 is 0 Å². The molecule has 0 radical (unpaired) electrons. The smallest absolute Gasteiger partial charge is 0.261 e. The Morgan fingerprint density at radius 2 is 1.88 bits per heavy atom. The number of nitrogens with zero attached hydrogens (tertiary/aromatic N) is 1. The van der Waals surface area contributed by atoms with Crippen molar-refractivity contribution in [3.8, 4) is 0 Å². The third kappa shape index (κ3) is 5.95. The summed E-state index contributed by atoms with van der Waals surface area (Å²) in [5, 5.41) is 6.69. The van der Waals surface area contributed by atoms with Crippen LogP contribution in [0, 0.1) is 13.8 Å². The maximum Gasteiger partial charge on any atom is 0.261 e. The lowest BCUT2D eigenvalue weighted by Crippen LogP contribution is -2.30. The summed E-state index contributed by atoms with van der Waals surface area (Å²) in [7, 11) is 0. The SMILES string of the molecule is Cc1ccc(C(C)NC(=O)CO/N=C(/N)Cc2ccccc2)cc1C. The quantitative estimate of drug-likeness (QED) is 0.462. The van der Waals surface area contributed by atoms with Crippen LogP contribution in [0.25, 0.3) is 0 Å². The standard InChI is InChI=1S/C20H25N3O2/c1-14-9-10-18(11-15(14)2)16(3)22-20(24)13-25-23-19(21)12-17-7-5-4-6-8-17/h4-11,16H,12-13H2,1-3H3,(H2,21,23)(H,22,24). The van der Waals surface area contributed by atoms with Gasteiger partial charge in [-0.25, -0.2) is 0 Å². The molecule has 0 fully saturated rings. The molecule has 0 aliphatic heterocycles. The number of rotatable bonds is 7. The second-order valence-corrected chi connectivity index (χ2v) is 6.15. The van der Waals surface area contributed by atoms with Crippen molar-refractivity contribution in [1.29, 1.82) is 0 Å². The maximum atomic E-state index is 12.0. The van der Waals surface area contributed by atoms with Crippen molar-refractivity contribution in [3.63, 3.8) is 0 Å². The molecule has 2 aromatic carbocycles. The van der Waals surface area contributed by atoms with E-state index in [1.54, 1.807) is 0 Å². The fourth-order valence-corrected chi connectivity index (χ4v) is 2.41. The molecule has 0 aromatic heterocycles. The minimum Gasteiger partial charge on any atom is -0.384 e. The topological polar surface area (TPSA) is 76.7 Å². The molecule has 1 unspecified atom stereocenters. The highest BCUT2D eigenvalue weighted by Gasteiger charge is 2.10. The average molecular weight is 339 g/mol. The largest absolute Gasteiger partial charge is 0.384 e. The van der Waals surface area contributed by atoms with E-state index in [2.05, 4.69) is 36.5 Å². The van der Waals surface area contributed by atoms with Gasteiger partial charge in [0.15, 0.2) is 6.61 Å². The zero-order chi connectivity index (χ0) is 18.2. The molecule has 2 rings (SSSR count). The van der Waals surface area contributed by atoms with Crippen molar-refractivity contribution >= 4 is 11.7 Å². The molecule has 0 heterocycles. The summed E-state index contributed by atoms with van der Waals surface area (Å²) in [6.07, 6.45) is 0.488. The minimum absolute atomic E-state index is 0.0963. The molecule has 0 bridgehead atoms. The lowest BCUT2D eigenvalue weighted by molar-refractivity contribution is -0.126. The summed E-state index contributed by atoms with van der Waals surface area (Å²) in [6, 6.07) is 15.8. The maximum absolute atomic E-state index is 12.0. The van der Waals surface area contributed by atoms with E-state index in [4.69, 9.17) is 10.6 Å². The Labute approximate surface area is 148 Å². The predicted octanol–water partition coefficient (Wildman–Crippen LogP) is 3.01. The second-order valence-electron chi connectivity index (χ2n) is 6.15. The molecule has 2 aromatic rings. The molecule has 5 nitrogen and oxygen atoms in total. The van der Waals surface area contributed by atoms with Crippen LogP contribution in [0.2, 0.25) is 0 Å². The lowest BCUT2D eigenvalue weighted by atomic mass is 10.0. The van der Waals surface area contributed by atoms with Crippen LogP contribution in [0.4, 0.5) is 0 Å². The minimum atomic E-state index is -0.234. The van der Waals surface area contributed by atoms with Gasteiger partial charge in [0.2, 0.25) is 0 Å². The summed E-state index contributed by atoms with van der Waals surface area (Å²) >= 11 is 0. The van der Waals surface area contributed by atoms with Gasteiger partial charge in [-0.05, 0) is 43.0 Å². The van der Waals surface area contributed by atoms with Gasteiger partial charge < -0.3 is 15.9 Å². The van der Waals surface area contributed by atoms with Crippen molar-refractivity contribution in [3.05, 3.63) is 70.8 Å². The summed E-state index contributed by atoms with van der Waals surface area (Å²) in [5.41, 5.74) is 10.3. The first-order valence-electron chi connectivity index (χ1n) is 8.30. The van der Waals surface area contributed by atoms with Crippen LogP contribution in [0.3, 0.4) is 0 Å². The van der Waals surface area contributed by atoms with E-state index in [0.29, 0.717) is 12.3 Å². The third-order valence-corrected chi connectivity index (χ3v) is 4.01. The molecule has 25 heavy (non-hydrogen) atoms. The number of amidine groups is 1. The van der Waals surface area contributed by atoms with E-state index in [-0.39, 0.29) is 18.6 Å². The number of hydrogen-bond donors (Lipinski definition) is 2. The van der Waals surface area contributed by atoms with E-state index >= 15 is 0 Å². The Balaban J connectivity index is 1.79. The molecule has 1 amide bonds. The second kappa shape index (κ2) is 8.87. The highest BCUT2D eigenvalue weighted by Crippen LogP contribution is 2.16. The van der Waals surface area contributed by atoms with Crippen molar-refractivity contribution in [1.82, 2.24) is 5.32 Å². The Morgan fingerprint density at radius 1 is 1.16 bits per heavy atom. The van der Waals surface area contributed by atoms with Crippen LogP contribution < -0.4 is 11.1 Å². The Bertz CT molecular complexity index is 742. The van der Waals surface area contributed by atoms with Crippen molar-refractivity contribution in [2.24, 2.45) is 10.9 Å². The molecule has 0 saturated carbocycles.